The van der Waals surface area contributed by atoms with E-state index in [1.165, 1.54) is 6.92 Å². The molecule has 0 radical (unpaired) electrons. The SMILES string of the molecule is CC(=O)NC(CC(C)C)C(=O)O.CC(C)CC(N)C(=O)O. The van der Waals surface area contributed by atoms with Gasteiger partial charge in [-0.05, 0) is 24.7 Å². The smallest absolute Gasteiger partial charge is 0.326 e. The van der Waals surface area contributed by atoms with E-state index in [1.54, 1.807) is 0 Å². The maximum absolute atomic E-state index is 10.6. The van der Waals surface area contributed by atoms with Crippen LogP contribution >= 0.6 is 0 Å². The van der Waals surface area contributed by atoms with Crippen molar-refractivity contribution in [2.45, 2.75) is 59.5 Å². The van der Waals surface area contributed by atoms with Crippen LogP contribution in [0.4, 0.5) is 0 Å². The number of nitrogens with one attached hydrogen (secondary N) is 1. The number of carbonyl (C=O) groups excluding carboxylic acids is 1. The molecule has 0 aliphatic rings. The lowest BCUT2D eigenvalue weighted by Gasteiger charge is -2.14. The van der Waals surface area contributed by atoms with Crippen LogP contribution in [0.5, 0.6) is 0 Å². The van der Waals surface area contributed by atoms with Crippen molar-refractivity contribution in [3.8, 4) is 0 Å². The maximum atomic E-state index is 10.6. The molecule has 21 heavy (non-hydrogen) atoms. The van der Waals surface area contributed by atoms with E-state index in [9.17, 15) is 14.4 Å². The molecule has 0 aliphatic heterocycles. The van der Waals surface area contributed by atoms with Crippen LogP contribution in [0.1, 0.15) is 47.5 Å². The Bertz CT molecular complexity index is 342. The second kappa shape index (κ2) is 11.1. The van der Waals surface area contributed by atoms with Crippen LogP contribution in [0.2, 0.25) is 0 Å². The van der Waals surface area contributed by atoms with Gasteiger partial charge in [0, 0.05) is 6.92 Å². The molecule has 2 atom stereocenters. The summed E-state index contributed by atoms with van der Waals surface area (Å²) in [5.41, 5.74) is 5.22. The van der Waals surface area contributed by atoms with Gasteiger partial charge in [-0.15, -0.1) is 0 Å². The molecule has 0 heterocycles. The van der Waals surface area contributed by atoms with Crippen molar-refractivity contribution >= 4 is 17.8 Å². The predicted molar refractivity (Wildman–Crippen MR) is 79.8 cm³/mol. The van der Waals surface area contributed by atoms with Crippen molar-refractivity contribution in [2.75, 3.05) is 0 Å². The standard InChI is InChI=1S/C8H15NO3.C6H13NO2/c1-5(2)4-7(8(11)12)9-6(3)10;1-4(2)3-5(7)6(8)9/h5,7H,4H2,1-3H3,(H,9,10)(H,11,12);4-5H,3,7H2,1-2H3,(H,8,9). The number of carboxylic acid groups (broad SMARTS) is 2. The van der Waals surface area contributed by atoms with Crippen molar-refractivity contribution in [2.24, 2.45) is 17.6 Å². The summed E-state index contributed by atoms with van der Waals surface area (Å²) in [7, 11) is 0. The first-order valence-corrected chi connectivity index (χ1v) is 6.95. The Labute approximate surface area is 125 Å². The topological polar surface area (TPSA) is 130 Å². The highest BCUT2D eigenvalue weighted by molar-refractivity contribution is 5.82. The summed E-state index contributed by atoms with van der Waals surface area (Å²) >= 11 is 0. The van der Waals surface area contributed by atoms with Gasteiger partial charge in [0.1, 0.15) is 12.1 Å². The fourth-order valence-electron chi connectivity index (χ4n) is 1.55. The average Bonchev–Trinajstić information content (AvgIpc) is 2.26. The molecular weight excluding hydrogens is 276 g/mol. The number of rotatable bonds is 7. The summed E-state index contributed by atoms with van der Waals surface area (Å²) in [5.74, 6) is -1.57. The van der Waals surface area contributed by atoms with Crippen molar-refractivity contribution in [1.29, 1.82) is 0 Å². The summed E-state index contributed by atoms with van der Waals surface area (Å²) in [6, 6.07) is -1.44. The third-order valence-electron chi connectivity index (χ3n) is 2.43. The Kier molecular flexibility index (Phi) is 11.4. The molecule has 124 valence electrons. The van der Waals surface area contributed by atoms with Crippen LogP contribution in [-0.2, 0) is 14.4 Å². The monoisotopic (exact) mass is 304 g/mol. The van der Waals surface area contributed by atoms with E-state index in [0.717, 1.165) is 0 Å². The molecule has 0 aromatic rings. The van der Waals surface area contributed by atoms with Gasteiger partial charge in [0.2, 0.25) is 5.91 Å². The Morgan fingerprint density at radius 1 is 0.952 bits per heavy atom. The minimum Gasteiger partial charge on any atom is -0.480 e. The van der Waals surface area contributed by atoms with Crippen LogP contribution in [0.3, 0.4) is 0 Å². The molecule has 0 saturated carbocycles. The molecule has 0 bridgehead atoms. The maximum Gasteiger partial charge on any atom is 0.326 e. The third kappa shape index (κ3) is 14.6. The first-order chi connectivity index (χ1) is 9.47. The molecule has 0 aromatic heterocycles. The number of carbonyl (C=O) groups is 3. The van der Waals surface area contributed by atoms with E-state index < -0.39 is 24.0 Å². The van der Waals surface area contributed by atoms with Gasteiger partial charge in [-0.1, -0.05) is 27.7 Å². The zero-order chi connectivity index (χ0) is 17.2. The molecule has 0 spiro atoms. The van der Waals surface area contributed by atoms with Crippen LogP contribution in [0.25, 0.3) is 0 Å². The second-order valence-corrected chi connectivity index (χ2v) is 5.80. The van der Waals surface area contributed by atoms with Crippen molar-refractivity contribution in [3.63, 3.8) is 0 Å². The lowest BCUT2D eigenvalue weighted by Crippen LogP contribution is -2.40. The highest BCUT2D eigenvalue weighted by Gasteiger charge is 2.18. The molecule has 0 aromatic carbocycles. The van der Waals surface area contributed by atoms with Gasteiger partial charge in [-0.3, -0.25) is 9.59 Å². The van der Waals surface area contributed by atoms with Gasteiger partial charge < -0.3 is 21.3 Å². The molecule has 0 fully saturated rings. The quantitative estimate of drug-likeness (QED) is 0.556. The number of amides is 1. The fourth-order valence-corrected chi connectivity index (χ4v) is 1.55. The molecule has 1 amide bonds. The number of hydrogen-bond acceptors (Lipinski definition) is 4. The highest BCUT2D eigenvalue weighted by atomic mass is 16.4. The molecular formula is C14H28N2O5. The molecule has 2 unspecified atom stereocenters. The van der Waals surface area contributed by atoms with Gasteiger partial charge in [-0.2, -0.15) is 0 Å². The highest BCUT2D eigenvalue weighted by Crippen LogP contribution is 2.04. The van der Waals surface area contributed by atoms with E-state index >= 15 is 0 Å². The summed E-state index contributed by atoms with van der Waals surface area (Å²) in [5, 5.41) is 19.3. The molecule has 7 nitrogen and oxygen atoms in total. The number of hydrogen-bond donors (Lipinski definition) is 4. The van der Waals surface area contributed by atoms with E-state index in [0.29, 0.717) is 18.8 Å². The Morgan fingerprint density at radius 3 is 1.57 bits per heavy atom. The third-order valence-corrected chi connectivity index (χ3v) is 2.43. The molecule has 7 heteroatoms. The first-order valence-electron chi connectivity index (χ1n) is 6.95. The zero-order valence-electron chi connectivity index (χ0n) is 13.4. The Morgan fingerprint density at radius 2 is 1.38 bits per heavy atom. The number of aliphatic carboxylic acids is 2. The lowest BCUT2D eigenvalue weighted by molar-refractivity contribution is -0.142. The van der Waals surface area contributed by atoms with Gasteiger partial charge in [0.25, 0.3) is 0 Å². The van der Waals surface area contributed by atoms with Crippen molar-refractivity contribution in [1.82, 2.24) is 5.32 Å². The van der Waals surface area contributed by atoms with Crippen LogP contribution < -0.4 is 11.1 Å². The fraction of sp³-hybridized carbons (Fsp3) is 0.786. The molecule has 5 N–H and O–H groups in total. The van der Waals surface area contributed by atoms with Crippen molar-refractivity contribution in [3.05, 3.63) is 0 Å². The van der Waals surface area contributed by atoms with Gasteiger partial charge in [0.05, 0.1) is 0 Å². The van der Waals surface area contributed by atoms with Crippen LogP contribution in [0.15, 0.2) is 0 Å². The van der Waals surface area contributed by atoms with Crippen molar-refractivity contribution < 1.29 is 24.6 Å². The largest absolute Gasteiger partial charge is 0.480 e. The summed E-state index contributed by atoms with van der Waals surface area (Å²) in [4.78, 5) is 31.2. The zero-order valence-corrected chi connectivity index (χ0v) is 13.4. The average molecular weight is 304 g/mol. The minimum atomic E-state index is -0.973. The molecule has 0 aliphatic carbocycles. The Balaban J connectivity index is 0. The van der Waals surface area contributed by atoms with Gasteiger partial charge in [-0.25, -0.2) is 4.79 Å². The minimum absolute atomic E-state index is 0.262. The first kappa shape index (κ1) is 21.7. The van der Waals surface area contributed by atoms with E-state index in [1.807, 2.05) is 27.7 Å². The summed E-state index contributed by atoms with van der Waals surface area (Å²) in [6.07, 6.45) is 1.02. The lowest BCUT2D eigenvalue weighted by atomic mass is 10.0. The normalized spacial score (nSPS) is 13.1. The Hall–Kier alpha value is -1.63. The van der Waals surface area contributed by atoms with E-state index in [-0.39, 0.29) is 11.8 Å². The van der Waals surface area contributed by atoms with Crippen LogP contribution in [0, 0.1) is 11.8 Å². The number of carboxylic acids is 2. The molecule has 0 saturated heterocycles. The summed E-state index contributed by atoms with van der Waals surface area (Å²) < 4.78 is 0. The predicted octanol–water partition coefficient (Wildman–Crippen LogP) is 1.07. The number of nitrogens with two attached hydrogens (primary N) is 1. The second-order valence-electron chi connectivity index (χ2n) is 5.80. The van der Waals surface area contributed by atoms with Gasteiger partial charge >= 0.3 is 11.9 Å². The van der Waals surface area contributed by atoms with E-state index in [4.69, 9.17) is 15.9 Å². The summed E-state index contributed by atoms with van der Waals surface area (Å²) in [6.45, 7) is 9.04. The van der Waals surface area contributed by atoms with Gasteiger partial charge in [0.15, 0.2) is 0 Å². The molecule has 0 rings (SSSR count). The van der Waals surface area contributed by atoms with Crippen LogP contribution in [-0.4, -0.2) is 40.1 Å². The van der Waals surface area contributed by atoms with E-state index in [2.05, 4.69) is 5.32 Å².